The van der Waals surface area contributed by atoms with Gasteiger partial charge in [0.25, 0.3) is 0 Å². The van der Waals surface area contributed by atoms with Crippen LogP contribution in [0.2, 0.25) is 0 Å². The summed E-state index contributed by atoms with van der Waals surface area (Å²) in [7, 11) is 0. The minimum Gasteiger partial charge on any atom is -0.481 e. The van der Waals surface area contributed by atoms with Crippen molar-refractivity contribution < 1.29 is 9.90 Å². The lowest BCUT2D eigenvalue weighted by Gasteiger charge is -2.12. The molecule has 4 heteroatoms. The van der Waals surface area contributed by atoms with Crippen LogP contribution in [0.5, 0.6) is 0 Å². The summed E-state index contributed by atoms with van der Waals surface area (Å²) in [4.78, 5) is 11.2. The van der Waals surface area contributed by atoms with E-state index in [-0.39, 0.29) is 0 Å². The van der Waals surface area contributed by atoms with Crippen molar-refractivity contribution in [3.8, 4) is 0 Å². The van der Waals surface area contributed by atoms with Crippen LogP contribution in [0.3, 0.4) is 0 Å². The Hall–Kier alpha value is -2.10. The number of aliphatic carboxylic acids is 1. The molecule has 2 aromatic rings. The molecule has 0 saturated heterocycles. The van der Waals surface area contributed by atoms with Crippen LogP contribution in [0.25, 0.3) is 0 Å². The molecule has 0 amide bonds. The maximum Gasteiger partial charge on any atom is 0.308 e. The average Bonchev–Trinajstić information content (AvgIpc) is 2.82. The van der Waals surface area contributed by atoms with Gasteiger partial charge in [-0.3, -0.25) is 9.48 Å². The van der Waals surface area contributed by atoms with Crippen molar-refractivity contribution in [2.45, 2.75) is 13.0 Å². The maximum absolute atomic E-state index is 11.2. The molecule has 1 heterocycles. The van der Waals surface area contributed by atoms with E-state index in [2.05, 4.69) is 5.10 Å². The monoisotopic (exact) mass is 230 g/mol. The maximum atomic E-state index is 11.2. The fourth-order valence-electron chi connectivity index (χ4n) is 1.76. The third-order valence-electron chi connectivity index (χ3n) is 2.64. The molecule has 17 heavy (non-hydrogen) atoms. The molecule has 0 aliphatic carbocycles. The van der Waals surface area contributed by atoms with Crippen molar-refractivity contribution in [1.29, 1.82) is 0 Å². The van der Waals surface area contributed by atoms with Crippen LogP contribution in [0.15, 0.2) is 48.8 Å². The normalized spacial score (nSPS) is 12.2. The van der Waals surface area contributed by atoms with Crippen LogP contribution in [0, 0.1) is 5.92 Å². The lowest BCUT2D eigenvalue weighted by atomic mass is 9.99. The van der Waals surface area contributed by atoms with E-state index < -0.39 is 11.9 Å². The van der Waals surface area contributed by atoms with Gasteiger partial charge >= 0.3 is 5.97 Å². The van der Waals surface area contributed by atoms with Crippen LogP contribution in [-0.4, -0.2) is 20.9 Å². The highest BCUT2D eigenvalue weighted by molar-refractivity contribution is 5.70. The van der Waals surface area contributed by atoms with Crippen LogP contribution < -0.4 is 0 Å². The molecule has 0 aliphatic heterocycles. The first-order valence-electron chi connectivity index (χ1n) is 5.50. The number of nitrogens with zero attached hydrogens (tertiary/aromatic N) is 2. The number of aromatic nitrogens is 2. The third kappa shape index (κ3) is 3.17. The lowest BCUT2D eigenvalue weighted by molar-refractivity contribution is -0.142. The largest absolute Gasteiger partial charge is 0.481 e. The summed E-state index contributed by atoms with van der Waals surface area (Å²) in [5.41, 5.74) is 1.03. The number of carbonyl (C=O) groups is 1. The van der Waals surface area contributed by atoms with Gasteiger partial charge in [0.15, 0.2) is 0 Å². The molecule has 0 unspecified atom stereocenters. The summed E-state index contributed by atoms with van der Waals surface area (Å²) in [5.74, 6) is -1.23. The van der Waals surface area contributed by atoms with Gasteiger partial charge in [-0.25, -0.2) is 0 Å². The van der Waals surface area contributed by atoms with Gasteiger partial charge in [0, 0.05) is 12.4 Å². The standard InChI is InChI=1S/C13H14N2O2/c16-13(17)12(10-15-8-4-7-14-15)9-11-5-2-1-3-6-11/h1-8,12H,9-10H2,(H,16,17)/t12-/m0/s1. The quantitative estimate of drug-likeness (QED) is 0.852. The Morgan fingerprint density at radius 1 is 1.29 bits per heavy atom. The average molecular weight is 230 g/mol. The zero-order valence-electron chi connectivity index (χ0n) is 9.36. The molecule has 1 atom stereocenters. The predicted octanol–water partition coefficient (Wildman–Crippen LogP) is 1.83. The number of hydrogen-bond donors (Lipinski definition) is 1. The first kappa shape index (κ1) is 11.4. The highest BCUT2D eigenvalue weighted by Gasteiger charge is 2.18. The van der Waals surface area contributed by atoms with Crippen LogP contribution in [0.4, 0.5) is 0 Å². The minimum atomic E-state index is -0.788. The minimum absolute atomic E-state index is 0.400. The van der Waals surface area contributed by atoms with E-state index in [1.165, 1.54) is 0 Å². The second-order valence-corrected chi connectivity index (χ2v) is 3.95. The summed E-state index contributed by atoms with van der Waals surface area (Å²) in [6.07, 6.45) is 3.96. The van der Waals surface area contributed by atoms with E-state index in [9.17, 15) is 9.90 Å². The first-order valence-corrected chi connectivity index (χ1v) is 5.50. The van der Waals surface area contributed by atoms with Crippen molar-refractivity contribution in [1.82, 2.24) is 9.78 Å². The highest BCUT2D eigenvalue weighted by Crippen LogP contribution is 2.11. The summed E-state index contributed by atoms with van der Waals surface area (Å²) in [6, 6.07) is 11.4. The van der Waals surface area contributed by atoms with Gasteiger partial charge in [0.05, 0.1) is 12.5 Å². The van der Waals surface area contributed by atoms with E-state index in [0.717, 1.165) is 5.56 Å². The van der Waals surface area contributed by atoms with Gasteiger partial charge in [-0.15, -0.1) is 0 Å². The van der Waals surface area contributed by atoms with Gasteiger partial charge in [-0.2, -0.15) is 5.10 Å². The predicted molar refractivity (Wildman–Crippen MR) is 63.5 cm³/mol. The van der Waals surface area contributed by atoms with Crippen LogP contribution in [0.1, 0.15) is 5.56 Å². The fourth-order valence-corrected chi connectivity index (χ4v) is 1.76. The number of hydrogen-bond acceptors (Lipinski definition) is 2. The van der Waals surface area contributed by atoms with E-state index in [1.54, 1.807) is 23.1 Å². The molecule has 1 N–H and O–H groups in total. The Labute approximate surface area is 99.5 Å². The molecule has 0 spiro atoms. The van der Waals surface area contributed by atoms with Crippen LogP contribution in [-0.2, 0) is 17.8 Å². The van der Waals surface area contributed by atoms with Crippen molar-refractivity contribution in [2.24, 2.45) is 5.92 Å². The zero-order valence-corrected chi connectivity index (χ0v) is 9.36. The topological polar surface area (TPSA) is 55.1 Å². The number of rotatable bonds is 5. The zero-order chi connectivity index (χ0) is 12.1. The van der Waals surface area contributed by atoms with Crippen molar-refractivity contribution in [3.63, 3.8) is 0 Å². The Kier molecular flexibility index (Phi) is 3.55. The third-order valence-corrected chi connectivity index (χ3v) is 2.64. The molecule has 1 aromatic carbocycles. The molecule has 2 rings (SSSR count). The smallest absolute Gasteiger partial charge is 0.308 e. The molecule has 0 bridgehead atoms. The molecule has 0 radical (unpaired) electrons. The first-order chi connectivity index (χ1) is 8.25. The van der Waals surface area contributed by atoms with Crippen molar-refractivity contribution in [3.05, 3.63) is 54.4 Å². The summed E-state index contributed by atoms with van der Waals surface area (Å²) in [5, 5.41) is 13.2. The molecular formula is C13H14N2O2. The van der Waals surface area contributed by atoms with E-state index in [4.69, 9.17) is 0 Å². The molecule has 0 aliphatic rings. The van der Waals surface area contributed by atoms with Gasteiger partial charge < -0.3 is 5.11 Å². The molecule has 0 fully saturated rings. The van der Waals surface area contributed by atoms with E-state index >= 15 is 0 Å². The van der Waals surface area contributed by atoms with E-state index in [0.29, 0.717) is 13.0 Å². The highest BCUT2D eigenvalue weighted by atomic mass is 16.4. The SMILES string of the molecule is O=C(O)[C@@H](Cc1ccccc1)Cn1cccn1. The Balaban J connectivity index is 2.06. The summed E-state index contributed by atoms with van der Waals surface area (Å²) in [6.45, 7) is 0.400. The lowest BCUT2D eigenvalue weighted by Crippen LogP contribution is -2.22. The van der Waals surface area contributed by atoms with E-state index in [1.807, 2.05) is 30.3 Å². The number of carboxylic acids is 1. The molecule has 1 aromatic heterocycles. The van der Waals surface area contributed by atoms with Crippen molar-refractivity contribution in [2.75, 3.05) is 0 Å². The fraction of sp³-hybridized carbons (Fsp3) is 0.231. The Morgan fingerprint density at radius 2 is 2.06 bits per heavy atom. The van der Waals surface area contributed by atoms with Crippen LogP contribution >= 0.6 is 0 Å². The molecule has 88 valence electrons. The molecule has 0 saturated carbocycles. The molecular weight excluding hydrogens is 216 g/mol. The van der Waals surface area contributed by atoms with Crippen molar-refractivity contribution >= 4 is 5.97 Å². The van der Waals surface area contributed by atoms with Gasteiger partial charge in [-0.05, 0) is 18.1 Å². The Morgan fingerprint density at radius 3 is 2.65 bits per heavy atom. The summed E-state index contributed by atoms with van der Waals surface area (Å²) >= 11 is 0. The molecule has 4 nitrogen and oxygen atoms in total. The van der Waals surface area contributed by atoms with Gasteiger partial charge in [0.2, 0.25) is 0 Å². The second-order valence-electron chi connectivity index (χ2n) is 3.95. The second kappa shape index (κ2) is 5.30. The van der Waals surface area contributed by atoms with Gasteiger partial charge in [0.1, 0.15) is 0 Å². The van der Waals surface area contributed by atoms with Gasteiger partial charge in [-0.1, -0.05) is 30.3 Å². The number of carboxylic acid groups (broad SMARTS) is 1. The Bertz CT molecular complexity index is 465. The summed E-state index contributed by atoms with van der Waals surface area (Å²) < 4.78 is 1.65. The number of benzene rings is 1.